The maximum atomic E-state index is 12.3. The molecule has 1 aliphatic rings. The topological polar surface area (TPSA) is 94.3 Å². The fraction of sp³-hybridized carbons (Fsp3) is 0.500. The molecule has 21 heavy (non-hydrogen) atoms. The van der Waals surface area contributed by atoms with E-state index < -0.39 is 10.0 Å². The van der Waals surface area contributed by atoms with Crippen LogP contribution in [-0.4, -0.2) is 38.7 Å². The van der Waals surface area contributed by atoms with Crippen molar-refractivity contribution in [3.8, 4) is 11.8 Å². The van der Waals surface area contributed by atoms with Gasteiger partial charge >= 0.3 is 0 Å². The first-order valence-corrected chi connectivity index (χ1v) is 8.31. The number of hydrogen-bond acceptors (Lipinski definition) is 5. The van der Waals surface area contributed by atoms with Crippen molar-refractivity contribution in [1.82, 2.24) is 9.71 Å². The van der Waals surface area contributed by atoms with Gasteiger partial charge in [-0.2, -0.15) is 0 Å². The van der Waals surface area contributed by atoms with Crippen molar-refractivity contribution in [2.45, 2.75) is 36.8 Å². The van der Waals surface area contributed by atoms with Crippen LogP contribution >= 0.6 is 0 Å². The third-order valence-electron chi connectivity index (χ3n) is 3.18. The summed E-state index contributed by atoms with van der Waals surface area (Å²) in [4.78, 5) is 4.03. The normalized spacial score (nSPS) is 21.2. The van der Waals surface area contributed by atoms with E-state index in [-0.39, 0.29) is 23.6 Å². The molecule has 0 spiro atoms. The lowest BCUT2D eigenvalue weighted by Crippen LogP contribution is -2.47. The van der Waals surface area contributed by atoms with Crippen molar-refractivity contribution in [2.75, 3.05) is 13.2 Å². The van der Waals surface area contributed by atoms with Crippen LogP contribution in [0.2, 0.25) is 0 Å². The van der Waals surface area contributed by atoms with Gasteiger partial charge in [-0.25, -0.2) is 13.1 Å². The Labute approximate surface area is 125 Å². The van der Waals surface area contributed by atoms with Gasteiger partial charge in [0.25, 0.3) is 0 Å². The lowest BCUT2D eigenvalue weighted by molar-refractivity contribution is -0.00475. The molecule has 6 nitrogen and oxygen atoms in total. The van der Waals surface area contributed by atoms with Crippen LogP contribution in [-0.2, 0) is 14.8 Å². The molecule has 0 radical (unpaired) electrons. The summed E-state index contributed by atoms with van der Waals surface area (Å²) in [5.41, 5.74) is 5.82. The lowest BCUT2D eigenvalue weighted by Gasteiger charge is -2.35. The Morgan fingerprint density at radius 2 is 2.24 bits per heavy atom. The van der Waals surface area contributed by atoms with E-state index >= 15 is 0 Å². The minimum absolute atomic E-state index is 0.0784. The van der Waals surface area contributed by atoms with Crippen molar-refractivity contribution >= 4 is 10.0 Å². The zero-order valence-corrected chi connectivity index (χ0v) is 12.7. The lowest BCUT2D eigenvalue weighted by atomic mass is 9.90. The van der Waals surface area contributed by atoms with Crippen LogP contribution in [0.3, 0.4) is 0 Å². The molecular formula is C14H19N3O3S. The first kappa shape index (κ1) is 15.9. The summed E-state index contributed by atoms with van der Waals surface area (Å²) in [6.45, 7) is 2.79. The van der Waals surface area contributed by atoms with Crippen LogP contribution in [0.4, 0.5) is 0 Å². The predicted octanol–water partition coefficient (Wildman–Crippen LogP) is 0.238. The van der Waals surface area contributed by atoms with E-state index in [1.807, 2.05) is 6.92 Å². The summed E-state index contributed by atoms with van der Waals surface area (Å²) < 4.78 is 32.6. The molecular weight excluding hydrogens is 290 g/mol. The molecule has 1 aromatic rings. The maximum absolute atomic E-state index is 12.3. The van der Waals surface area contributed by atoms with Gasteiger partial charge < -0.3 is 10.5 Å². The number of aromatic nitrogens is 1. The molecule has 1 heterocycles. The maximum Gasteiger partial charge on any atom is 0.242 e. The molecule has 1 aromatic heterocycles. The van der Waals surface area contributed by atoms with E-state index in [0.29, 0.717) is 25.0 Å². The highest BCUT2D eigenvalue weighted by Gasteiger charge is 2.33. The second-order valence-corrected chi connectivity index (χ2v) is 6.50. The molecule has 114 valence electrons. The fourth-order valence-electron chi connectivity index (χ4n) is 2.11. The highest BCUT2D eigenvalue weighted by Crippen LogP contribution is 2.25. The quantitative estimate of drug-likeness (QED) is 0.760. The zero-order valence-electron chi connectivity index (χ0n) is 11.9. The Kier molecular flexibility index (Phi) is 5.31. The first-order chi connectivity index (χ1) is 10.0. The van der Waals surface area contributed by atoms with Crippen LogP contribution < -0.4 is 10.5 Å². The van der Waals surface area contributed by atoms with Crippen molar-refractivity contribution in [1.29, 1.82) is 0 Å². The third-order valence-corrected chi connectivity index (χ3v) is 4.66. The molecule has 0 aliphatic heterocycles. The highest BCUT2D eigenvalue weighted by molar-refractivity contribution is 7.89. The van der Waals surface area contributed by atoms with Gasteiger partial charge in [-0.1, -0.05) is 11.8 Å². The first-order valence-electron chi connectivity index (χ1n) is 6.83. The summed E-state index contributed by atoms with van der Waals surface area (Å²) in [6.07, 6.45) is 4.38. The molecule has 0 amide bonds. The number of sulfonamides is 1. The molecule has 7 heteroatoms. The standard InChI is InChI=1S/C14H19N3O3S/c1-2-20-13-7-12(8-13)17-21(18,19)14-6-11(4-3-5-15)9-16-10-14/h6,9-10,12-13,17H,2,5,7-8,15H2,1H3. The third kappa shape index (κ3) is 4.25. The van der Waals surface area contributed by atoms with Gasteiger partial charge in [0.15, 0.2) is 0 Å². The van der Waals surface area contributed by atoms with Crippen LogP contribution in [0.15, 0.2) is 23.4 Å². The number of nitrogens with two attached hydrogens (primary N) is 1. The fourth-order valence-corrected chi connectivity index (χ4v) is 3.36. The Morgan fingerprint density at radius 3 is 2.90 bits per heavy atom. The average molecular weight is 309 g/mol. The van der Waals surface area contributed by atoms with Gasteiger partial charge in [0.05, 0.1) is 12.6 Å². The molecule has 0 unspecified atom stereocenters. The largest absolute Gasteiger partial charge is 0.378 e. The Bertz CT molecular complexity index is 643. The van der Waals surface area contributed by atoms with Crippen LogP contribution in [0, 0.1) is 11.8 Å². The van der Waals surface area contributed by atoms with Gasteiger partial charge in [0, 0.05) is 30.6 Å². The van der Waals surface area contributed by atoms with Crippen LogP contribution in [0.1, 0.15) is 25.3 Å². The molecule has 0 atom stereocenters. The highest BCUT2D eigenvalue weighted by atomic mass is 32.2. The van der Waals surface area contributed by atoms with Crippen molar-refractivity contribution in [3.63, 3.8) is 0 Å². The Morgan fingerprint density at radius 1 is 1.48 bits per heavy atom. The van der Waals surface area contributed by atoms with E-state index in [9.17, 15) is 8.42 Å². The average Bonchev–Trinajstić information content (AvgIpc) is 2.43. The van der Waals surface area contributed by atoms with Gasteiger partial charge in [0.1, 0.15) is 4.90 Å². The minimum atomic E-state index is -3.57. The van der Waals surface area contributed by atoms with E-state index in [0.717, 1.165) is 0 Å². The monoisotopic (exact) mass is 309 g/mol. The molecule has 2 rings (SSSR count). The molecule has 0 bridgehead atoms. The van der Waals surface area contributed by atoms with Gasteiger partial charge in [-0.15, -0.1) is 0 Å². The Hall–Kier alpha value is -1.46. The number of nitrogens with one attached hydrogen (secondary N) is 1. The second-order valence-electron chi connectivity index (χ2n) is 4.78. The number of hydrogen-bond donors (Lipinski definition) is 2. The number of pyridine rings is 1. The molecule has 3 N–H and O–H groups in total. The smallest absolute Gasteiger partial charge is 0.242 e. The number of rotatable bonds is 5. The number of ether oxygens (including phenoxy) is 1. The minimum Gasteiger partial charge on any atom is -0.378 e. The molecule has 1 fully saturated rings. The molecule has 1 saturated carbocycles. The number of nitrogens with zero attached hydrogens (tertiary/aromatic N) is 1. The Balaban J connectivity index is 2.03. The zero-order chi connectivity index (χ0) is 15.3. The van der Waals surface area contributed by atoms with Gasteiger partial charge in [-0.3, -0.25) is 4.98 Å². The van der Waals surface area contributed by atoms with Crippen molar-refractivity contribution < 1.29 is 13.2 Å². The van der Waals surface area contributed by atoms with E-state index in [1.165, 1.54) is 18.5 Å². The SMILES string of the molecule is CCOC1CC(NS(=O)(=O)c2cncc(C#CCN)c2)C1. The summed E-state index contributed by atoms with van der Waals surface area (Å²) in [7, 11) is -3.57. The summed E-state index contributed by atoms with van der Waals surface area (Å²) in [5.74, 6) is 5.44. The van der Waals surface area contributed by atoms with Gasteiger partial charge in [0.2, 0.25) is 10.0 Å². The molecule has 0 aromatic carbocycles. The van der Waals surface area contributed by atoms with Crippen LogP contribution in [0.25, 0.3) is 0 Å². The van der Waals surface area contributed by atoms with Crippen molar-refractivity contribution in [2.24, 2.45) is 5.73 Å². The van der Waals surface area contributed by atoms with Gasteiger partial charge in [-0.05, 0) is 25.8 Å². The van der Waals surface area contributed by atoms with E-state index in [4.69, 9.17) is 10.5 Å². The van der Waals surface area contributed by atoms with E-state index in [1.54, 1.807) is 0 Å². The predicted molar refractivity (Wildman–Crippen MR) is 78.9 cm³/mol. The molecule has 0 saturated heterocycles. The molecule has 1 aliphatic carbocycles. The summed E-state index contributed by atoms with van der Waals surface area (Å²) >= 11 is 0. The van der Waals surface area contributed by atoms with E-state index in [2.05, 4.69) is 21.5 Å². The second kappa shape index (κ2) is 7.00. The summed E-state index contributed by atoms with van der Waals surface area (Å²) in [6, 6.07) is 1.42. The van der Waals surface area contributed by atoms with Crippen LogP contribution in [0.5, 0.6) is 0 Å². The van der Waals surface area contributed by atoms with Crippen molar-refractivity contribution in [3.05, 3.63) is 24.0 Å². The summed E-state index contributed by atoms with van der Waals surface area (Å²) in [5, 5.41) is 0.